The zero-order valence-electron chi connectivity index (χ0n) is 19.3. The van der Waals surface area contributed by atoms with Crippen molar-refractivity contribution in [3.63, 3.8) is 0 Å². The van der Waals surface area contributed by atoms with Crippen molar-refractivity contribution in [2.45, 2.75) is 68.2 Å². The molecule has 0 amide bonds. The first-order chi connectivity index (χ1) is 16.6. The number of aromatic amines is 3. The van der Waals surface area contributed by atoms with E-state index in [1.807, 2.05) is 6.07 Å². The van der Waals surface area contributed by atoms with E-state index in [4.69, 9.17) is 26.4 Å². The number of anilines is 1. The molecule has 4 aliphatic rings. The van der Waals surface area contributed by atoms with Crippen LogP contribution < -0.4 is 5.32 Å². The fraction of sp³-hybridized carbons (Fsp3) is 0.542. The Hall–Kier alpha value is -1.65. The Labute approximate surface area is 213 Å². The summed E-state index contributed by atoms with van der Waals surface area (Å²) < 4.78 is 6.61. The minimum absolute atomic E-state index is 0.0745. The second-order valence-corrected chi connectivity index (χ2v) is 11.9. The number of thioether (sulfide) groups is 1. The molecule has 7 nitrogen and oxygen atoms in total. The van der Waals surface area contributed by atoms with Crippen LogP contribution in [-0.2, 0) is 4.74 Å². The first-order valence-corrected chi connectivity index (χ1v) is 14.2. The summed E-state index contributed by atoms with van der Waals surface area (Å²) in [4.78, 5) is 9.77. The first kappa shape index (κ1) is 24.1. The number of H-pyrrole nitrogens is 3. The smallest absolute Gasteiger partial charge is 0.167 e. The molecule has 0 spiro atoms. The van der Waals surface area contributed by atoms with E-state index in [0.717, 1.165) is 70.2 Å². The van der Waals surface area contributed by atoms with E-state index < -0.39 is 0 Å². The quantitative estimate of drug-likeness (QED) is 0.163. The van der Waals surface area contributed by atoms with Crippen molar-refractivity contribution in [3.05, 3.63) is 39.2 Å². The molecule has 1 aromatic rings. The monoisotopic (exact) mass is 521 g/mol. The Kier molecular flexibility index (Phi) is 7.75. The predicted octanol–water partition coefficient (Wildman–Crippen LogP) is 6.13. The van der Waals surface area contributed by atoms with Gasteiger partial charge in [0.05, 0.1) is 29.3 Å². The van der Waals surface area contributed by atoms with Crippen LogP contribution in [-0.4, -0.2) is 56.4 Å². The van der Waals surface area contributed by atoms with Crippen molar-refractivity contribution in [1.82, 2.24) is 20.2 Å². The molecule has 184 valence electrons. The molecule has 0 bridgehead atoms. The molecular formula is C24H32ClN5O2S2. The lowest BCUT2D eigenvalue weighted by molar-refractivity contribution is 0.0322. The van der Waals surface area contributed by atoms with E-state index in [1.165, 1.54) is 4.88 Å². The molecule has 1 aromatic heterocycles. The largest absolute Gasteiger partial charge is 0.394 e. The second kappa shape index (κ2) is 11.0. The zero-order chi connectivity index (χ0) is 23.5. The average molecular weight is 522 g/mol. The van der Waals surface area contributed by atoms with Crippen molar-refractivity contribution in [3.8, 4) is 11.4 Å². The summed E-state index contributed by atoms with van der Waals surface area (Å²) in [6.45, 7) is 2.67. The number of halogens is 1. The third-order valence-electron chi connectivity index (χ3n) is 6.51. The number of rotatable bonds is 10. The van der Waals surface area contributed by atoms with Gasteiger partial charge in [0.1, 0.15) is 5.69 Å². The molecule has 2 fully saturated rings. The summed E-state index contributed by atoms with van der Waals surface area (Å²) in [6.07, 6.45) is 5.44. The number of hydrogen-bond donors (Lipinski definition) is 5. The highest BCUT2D eigenvalue weighted by atomic mass is 35.5. The molecule has 10 heteroatoms. The second-order valence-electron chi connectivity index (χ2n) is 9.03. The molecule has 2 saturated carbocycles. The van der Waals surface area contributed by atoms with Gasteiger partial charge in [0, 0.05) is 34.2 Å². The van der Waals surface area contributed by atoms with E-state index in [2.05, 4.69) is 45.6 Å². The highest BCUT2D eigenvalue weighted by Crippen LogP contribution is 2.47. The van der Waals surface area contributed by atoms with Crippen molar-refractivity contribution in [1.29, 1.82) is 0 Å². The van der Waals surface area contributed by atoms with Crippen LogP contribution in [0.5, 0.6) is 0 Å². The van der Waals surface area contributed by atoms with Gasteiger partial charge < -0.3 is 25.2 Å². The lowest BCUT2D eigenvalue weighted by atomic mass is 10.0. The van der Waals surface area contributed by atoms with Crippen molar-refractivity contribution < 1.29 is 9.84 Å². The summed E-state index contributed by atoms with van der Waals surface area (Å²) in [5, 5.41) is 20.5. The van der Waals surface area contributed by atoms with Gasteiger partial charge in [-0.2, -0.15) is 0 Å². The molecule has 4 unspecified atom stereocenters. The van der Waals surface area contributed by atoms with Crippen LogP contribution in [0.2, 0.25) is 4.34 Å². The lowest BCUT2D eigenvalue weighted by Crippen LogP contribution is -2.11. The fourth-order valence-corrected chi connectivity index (χ4v) is 6.64. The van der Waals surface area contributed by atoms with Gasteiger partial charge >= 0.3 is 0 Å². The van der Waals surface area contributed by atoms with Gasteiger partial charge in [0.25, 0.3) is 0 Å². The minimum Gasteiger partial charge on any atom is -0.394 e. The maximum absolute atomic E-state index is 9.04. The average Bonchev–Trinajstić information content (AvgIpc) is 3.30. The van der Waals surface area contributed by atoms with E-state index in [-0.39, 0.29) is 12.7 Å². The van der Waals surface area contributed by atoms with Crippen LogP contribution in [0.25, 0.3) is 11.4 Å². The molecule has 5 N–H and O–H groups in total. The fourth-order valence-electron chi connectivity index (χ4n) is 4.67. The van der Waals surface area contributed by atoms with E-state index in [9.17, 15) is 0 Å². The lowest BCUT2D eigenvalue weighted by Gasteiger charge is -2.13. The summed E-state index contributed by atoms with van der Waals surface area (Å²) >= 11 is 9.57. The van der Waals surface area contributed by atoms with Crippen LogP contribution in [0.3, 0.4) is 0 Å². The normalized spacial score (nSPS) is 24.0. The highest BCUT2D eigenvalue weighted by Gasteiger charge is 2.40. The Morgan fingerprint density at radius 1 is 1.24 bits per heavy atom. The molecule has 0 saturated heterocycles. The molecule has 2 aliphatic heterocycles. The van der Waals surface area contributed by atoms with Gasteiger partial charge in [-0.15, -0.1) is 11.3 Å². The van der Waals surface area contributed by atoms with Gasteiger partial charge in [-0.1, -0.05) is 30.3 Å². The summed E-state index contributed by atoms with van der Waals surface area (Å²) in [5.74, 6) is 2.77. The number of nitrogens with one attached hydrogen (secondary N) is 4. The predicted molar refractivity (Wildman–Crippen MR) is 140 cm³/mol. The number of fused-ring (bicyclic) bond motifs is 1. The van der Waals surface area contributed by atoms with E-state index in [1.54, 1.807) is 23.1 Å². The van der Waals surface area contributed by atoms with Gasteiger partial charge in [-0.25, -0.2) is 4.98 Å². The number of aliphatic hydroxyl groups is 1. The summed E-state index contributed by atoms with van der Waals surface area (Å²) in [6, 6.07) is 8.78. The van der Waals surface area contributed by atoms with Crippen LogP contribution in [0.15, 0.2) is 29.4 Å². The van der Waals surface area contributed by atoms with E-state index >= 15 is 0 Å². The summed E-state index contributed by atoms with van der Waals surface area (Å²) in [7, 11) is 0. The highest BCUT2D eigenvalue weighted by molar-refractivity contribution is 7.99. The maximum Gasteiger partial charge on any atom is 0.167 e. The third kappa shape index (κ3) is 5.60. The minimum atomic E-state index is 0.0745. The molecule has 0 aromatic carbocycles. The molecule has 0 radical (unpaired) electrons. The zero-order valence-corrected chi connectivity index (χ0v) is 21.7. The van der Waals surface area contributed by atoms with Crippen LogP contribution >= 0.6 is 34.7 Å². The Morgan fingerprint density at radius 2 is 2.15 bits per heavy atom. The van der Waals surface area contributed by atoms with Gasteiger partial charge in [-0.05, 0) is 56.4 Å². The van der Waals surface area contributed by atoms with E-state index in [0.29, 0.717) is 24.5 Å². The maximum atomic E-state index is 9.04. The van der Waals surface area contributed by atoms with Crippen molar-refractivity contribution in [2.24, 2.45) is 0 Å². The standard InChI is InChI=1S/C24H32ClN5O2S2/c1-2-11-33-24-27-18-6-5-17(14-3-4-15(12-14)32-10-9-31)29-30-22(18)23(28-24)26-19-13-16(19)20-7-8-21(25)34-20/h5-8,14-16,19,26,29-31H,2-4,9-13H2,1H3,(H,27,28). The van der Waals surface area contributed by atoms with Crippen molar-refractivity contribution in [2.75, 3.05) is 24.3 Å². The first-order valence-electron chi connectivity index (χ1n) is 12.1. The number of ether oxygens (including phenoxy) is 1. The molecule has 34 heavy (non-hydrogen) atoms. The van der Waals surface area contributed by atoms with Crippen LogP contribution in [0.1, 0.15) is 61.4 Å². The van der Waals surface area contributed by atoms with Crippen molar-refractivity contribution >= 4 is 40.5 Å². The number of aliphatic hydroxyl groups excluding tert-OH is 1. The SMILES string of the molecule is CCCSc1nc(NC2CC2c2ccc(Cl)s2)c2[nH][nH]c(C3CCC(OCCO)C3)ccc-2[nH]1. The number of hydrogen-bond acceptors (Lipinski definition) is 6. The van der Waals surface area contributed by atoms with Crippen LogP contribution in [0, 0.1) is 0 Å². The summed E-state index contributed by atoms with van der Waals surface area (Å²) in [5.41, 5.74) is 3.11. The number of aromatic nitrogens is 4. The number of nitrogens with zero attached hydrogens (tertiary/aromatic N) is 1. The van der Waals surface area contributed by atoms with Gasteiger partial charge in [0.15, 0.2) is 11.0 Å². The molecule has 2 aliphatic carbocycles. The molecule has 5 rings (SSSR count). The van der Waals surface area contributed by atoms with Crippen LogP contribution in [0.4, 0.5) is 5.82 Å². The van der Waals surface area contributed by atoms with Gasteiger partial charge in [0.2, 0.25) is 0 Å². The molecular weight excluding hydrogens is 490 g/mol. The topological polar surface area (TPSA) is 102 Å². The Balaban J connectivity index is 1.39. The Morgan fingerprint density at radius 3 is 2.94 bits per heavy atom. The molecule has 3 heterocycles. The van der Waals surface area contributed by atoms with Gasteiger partial charge in [-0.3, -0.25) is 5.10 Å². The number of thiophene rings is 1. The third-order valence-corrected chi connectivity index (χ3v) is 8.95. The Bertz CT molecular complexity index is 1110. The molecule has 4 atom stereocenters.